The molecular weight excluding hydrogens is 320 g/mol. The molecule has 0 aromatic heterocycles. The number of benzene rings is 3. The Morgan fingerprint density at radius 3 is 1.88 bits per heavy atom. The summed E-state index contributed by atoms with van der Waals surface area (Å²) in [5.74, 6) is 0.725. The van der Waals surface area contributed by atoms with E-state index in [1.165, 1.54) is 0 Å². The molecule has 1 radical (unpaired) electrons. The van der Waals surface area contributed by atoms with Gasteiger partial charge in [0, 0.05) is 5.56 Å². The number of ether oxygens (including phenoxy) is 1. The zero-order valence-corrected chi connectivity index (χ0v) is 14.5. The predicted molar refractivity (Wildman–Crippen MR) is 108 cm³/mol. The second-order valence-corrected chi connectivity index (χ2v) is 5.80. The van der Waals surface area contributed by atoms with E-state index in [0.29, 0.717) is 0 Å². The largest absolute Gasteiger partial charge is 0.490 e. The van der Waals surface area contributed by atoms with Gasteiger partial charge in [0.05, 0.1) is 0 Å². The third-order valence-electron chi connectivity index (χ3n) is 3.94. The number of hydrogen-bond donors (Lipinski definition) is 0. The van der Waals surface area contributed by atoms with Crippen LogP contribution in [0.3, 0.4) is 0 Å². The molecule has 0 heterocycles. The molecule has 0 aliphatic carbocycles. The molecule has 0 amide bonds. The van der Waals surface area contributed by atoms with Crippen molar-refractivity contribution < 1.29 is 9.84 Å². The molecule has 0 unspecified atom stereocenters. The second-order valence-electron chi connectivity index (χ2n) is 5.80. The fraction of sp³-hybridized carbons (Fsp3) is 0.0833. The van der Waals surface area contributed by atoms with Gasteiger partial charge in [-0.2, -0.15) is 0 Å². The average molecular weight is 341 g/mol. The minimum atomic E-state index is -0.258. The molecule has 0 aliphatic rings. The molecule has 0 bridgehead atoms. The van der Waals surface area contributed by atoms with Crippen LogP contribution >= 0.6 is 0 Å². The highest BCUT2D eigenvalue weighted by molar-refractivity contribution is 5.82. The summed E-state index contributed by atoms with van der Waals surface area (Å²) >= 11 is 0. The molecule has 0 atom stereocenters. The van der Waals surface area contributed by atoms with Crippen molar-refractivity contribution in [1.82, 2.24) is 0 Å². The Balaban J connectivity index is 1.94. The first-order valence-corrected chi connectivity index (χ1v) is 8.67. The Labute approximate surface area is 154 Å². The topological polar surface area (TPSA) is 29.1 Å². The first-order valence-electron chi connectivity index (χ1n) is 8.67. The lowest BCUT2D eigenvalue weighted by Gasteiger charge is -2.10. The van der Waals surface area contributed by atoms with Crippen molar-refractivity contribution in [3.05, 3.63) is 101 Å². The summed E-state index contributed by atoms with van der Waals surface area (Å²) < 4.78 is 5.67. The molecule has 0 aliphatic heterocycles. The van der Waals surface area contributed by atoms with Crippen LogP contribution in [-0.4, -0.2) is 13.2 Å². The second kappa shape index (κ2) is 9.40. The van der Waals surface area contributed by atoms with Crippen LogP contribution in [0.25, 0.3) is 24.3 Å². The Morgan fingerprint density at radius 2 is 1.27 bits per heavy atom. The van der Waals surface area contributed by atoms with Crippen molar-refractivity contribution in [1.29, 1.82) is 0 Å². The summed E-state index contributed by atoms with van der Waals surface area (Å²) in [5, 5.41) is 10.8. The molecule has 2 nitrogen and oxygen atoms in total. The van der Waals surface area contributed by atoms with E-state index in [9.17, 15) is 5.11 Å². The smallest absolute Gasteiger partial charge is 0.127 e. The van der Waals surface area contributed by atoms with E-state index in [2.05, 4.69) is 42.5 Å². The predicted octanol–water partition coefficient (Wildman–Crippen LogP) is 5.84. The van der Waals surface area contributed by atoms with Gasteiger partial charge in [0.15, 0.2) is 0 Å². The summed E-state index contributed by atoms with van der Waals surface area (Å²) in [6, 6.07) is 26.2. The number of rotatable bonds is 7. The summed E-state index contributed by atoms with van der Waals surface area (Å²) in [4.78, 5) is 0. The van der Waals surface area contributed by atoms with Gasteiger partial charge in [-0.25, -0.2) is 5.11 Å². The molecule has 3 rings (SSSR count). The van der Waals surface area contributed by atoms with E-state index < -0.39 is 0 Å². The lowest BCUT2D eigenvalue weighted by Crippen LogP contribution is -2.02. The van der Waals surface area contributed by atoms with Gasteiger partial charge in [-0.15, -0.1) is 0 Å². The van der Waals surface area contributed by atoms with Crippen molar-refractivity contribution in [2.45, 2.75) is 0 Å². The Morgan fingerprint density at radius 1 is 0.654 bits per heavy atom. The van der Waals surface area contributed by atoms with Crippen LogP contribution in [0.1, 0.15) is 22.3 Å². The van der Waals surface area contributed by atoms with Crippen LogP contribution in [0, 0.1) is 0 Å². The van der Waals surface area contributed by atoms with E-state index in [0.717, 1.165) is 28.0 Å². The molecule has 0 fully saturated rings. The monoisotopic (exact) mass is 341 g/mol. The van der Waals surface area contributed by atoms with E-state index in [1.807, 2.05) is 60.7 Å². The fourth-order valence-electron chi connectivity index (χ4n) is 2.66. The summed E-state index contributed by atoms with van der Waals surface area (Å²) in [6.07, 6.45) is 8.25. The molecular formula is C24H21O2. The van der Waals surface area contributed by atoms with Crippen LogP contribution in [0.15, 0.2) is 78.9 Å². The van der Waals surface area contributed by atoms with Crippen molar-refractivity contribution in [2.75, 3.05) is 13.2 Å². The van der Waals surface area contributed by atoms with Gasteiger partial charge in [0.2, 0.25) is 0 Å². The summed E-state index contributed by atoms with van der Waals surface area (Å²) in [5.41, 5.74) is 4.27. The van der Waals surface area contributed by atoms with Gasteiger partial charge in [-0.05, 0) is 22.8 Å². The van der Waals surface area contributed by atoms with E-state index in [4.69, 9.17) is 4.74 Å². The molecule has 3 aromatic carbocycles. The molecule has 0 spiro atoms. The quantitative estimate of drug-likeness (QED) is 0.497. The van der Waals surface area contributed by atoms with Crippen molar-refractivity contribution >= 4 is 24.3 Å². The zero-order chi connectivity index (χ0) is 18.0. The summed E-state index contributed by atoms with van der Waals surface area (Å²) in [6.45, 7) is -0.0933. The van der Waals surface area contributed by atoms with Crippen LogP contribution in [0.5, 0.6) is 5.75 Å². The van der Waals surface area contributed by atoms with Gasteiger partial charge < -0.3 is 4.74 Å². The van der Waals surface area contributed by atoms with Crippen LogP contribution in [0.4, 0.5) is 0 Å². The third kappa shape index (κ3) is 4.95. The van der Waals surface area contributed by atoms with Gasteiger partial charge in [-0.1, -0.05) is 97.1 Å². The molecule has 26 heavy (non-hydrogen) atoms. The SMILES string of the molecule is [O]CCOc1cccc(C=Cc2ccccc2)c1C=Cc1ccccc1. The van der Waals surface area contributed by atoms with Gasteiger partial charge in [0.25, 0.3) is 0 Å². The van der Waals surface area contributed by atoms with Gasteiger partial charge in [-0.3, -0.25) is 0 Å². The average Bonchev–Trinajstić information content (AvgIpc) is 2.71. The highest BCUT2D eigenvalue weighted by Gasteiger charge is 2.05. The maximum absolute atomic E-state index is 10.8. The molecule has 0 saturated carbocycles. The first-order chi connectivity index (χ1) is 12.9. The maximum Gasteiger partial charge on any atom is 0.127 e. The minimum Gasteiger partial charge on any atom is -0.490 e. The van der Waals surface area contributed by atoms with Crippen LogP contribution in [0.2, 0.25) is 0 Å². The molecule has 2 heteroatoms. The third-order valence-corrected chi connectivity index (χ3v) is 3.94. The lowest BCUT2D eigenvalue weighted by atomic mass is 10.0. The van der Waals surface area contributed by atoms with E-state index >= 15 is 0 Å². The molecule has 3 aromatic rings. The van der Waals surface area contributed by atoms with Crippen molar-refractivity contribution in [2.24, 2.45) is 0 Å². The maximum atomic E-state index is 10.8. The Hall–Kier alpha value is -3.10. The normalized spacial score (nSPS) is 11.3. The molecule has 0 N–H and O–H groups in total. The molecule has 129 valence electrons. The summed E-state index contributed by atoms with van der Waals surface area (Å²) in [7, 11) is 0. The number of hydrogen-bond acceptors (Lipinski definition) is 1. The first kappa shape index (κ1) is 17.7. The highest BCUT2D eigenvalue weighted by Crippen LogP contribution is 2.27. The van der Waals surface area contributed by atoms with Crippen LogP contribution in [-0.2, 0) is 5.11 Å². The Bertz CT molecular complexity index is 865. The van der Waals surface area contributed by atoms with Gasteiger partial charge in [0.1, 0.15) is 19.0 Å². The highest BCUT2D eigenvalue weighted by atomic mass is 16.5. The van der Waals surface area contributed by atoms with Gasteiger partial charge >= 0.3 is 0 Å². The van der Waals surface area contributed by atoms with Crippen molar-refractivity contribution in [3.8, 4) is 5.75 Å². The lowest BCUT2D eigenvalue weighted by molar-refractivity contribution is 0.138. The Kier molecular flexibility index (Phi) is 6.40. The zero-order valence-electron chi connectivity index (χ0n) is 14.5. The van der Waals surface area contributed by atoms with E-state index in [-0.39, 0.29) is 13.2 Å². The minimum absolute atomic E-state index is 0.165. The molecule has 0 saturated heterocycles. The van der Waals surface area contributed by atoms with E-state index in [1.54, 1.807) is 0 Å². The van der Waals surface area contributed by atoms with Crippen molar-refractivity contribution in [3.63, 3.8) is 0 Å². The van der Waals surface area contributed by atoms with Crippen LogP contribution < -0.4 is 4.74 Å². The standard InChI is InChI=1S/C24H21O2/c25-18-19-26-24-13-7-12-22(16-14-20-8-3-1-4-9-20)23(24)17-15-21-10-5-2-6-11-21/h1-17H,18-19H2. The fourth-order valence-corrected chi connectivity index (χ4v) is 2.66.